The third-order valence-electron chi connectivity index (χ3n) is 4.04. The van der Waals surface area contributed by atoms with Crippen LogP contribution < -0.4 is 10.6 Å². The summed E-state index contributed by atoms with van der Waals surface area (Å²) < 4.78 is 0. The summed E-state index contributed by atoms with van der Waals surface area (Å²) in [5.74, 6) is 0.500. The van der Waals surface area contributed by atoms with E-state index in [4.69, 9.17) is 11.6 Å². The Morgan fingerprint density at radius 2 is 2.24 bits per heavy atom. The SMILES string of the molecule is CCNc1ccc(Cl)c(C(=O)NC2CCN(C3CC3)C2)n1. The molecule has 1 aromatic heterocycles. The second-order valence-electron chi connectivity index (χ2n) is 5.74. The zero-order chi connectivity index (χ0) is 14.8. The van der Waals surface area contributed by atoms with Crippen LogP contribution in [-0.4, -0.2) is 47.5 Å². The number of carbonyl (C=O) groups is 1. The van der Waals surface area contributed by atoms with Crippen LogP contribution in [0.4, 0.5) is 5.82 Å². The molecule has 6 heteroatoms. The zero-order valence-electron chi connectivity index (χ0n) is 12.2. The number of likely N-dealkylation sites (tertiary alicyclic amines) is 1. The Balaban J connectivity index is 1.63. The monoisotopic (exact) mass is 308 g/mol. The van der Waals surface area contributed by atoms with Gasteiger partial charge in [-0.2, -0.15) is 0 Å². The highest BCUT2D eigenvalue weighted by atomic mass is 35.5. The van der Waals surface area contributed by atoms with E-state index in [0.29, 0.717) is 16.5 Å². The molecule has 0 bridgehead atoms. The van der Waals surface area contributed by atoms with Gasteiger partial charge in [0.15, 0.2) is 0 Å². The number of hydrogen-bond acceptors (Lipinski definition) is 4. The van der Waals surface area contributed by atoms with Crippen LogP contribution in [0.2, 0.25) is 5.02 Å². The molecule has 1 unspecified atom stereocenters. The molecule has 0 spiro atoms. The van der Waals surface area contributed by atoms with E-state index in [-0.39, 0.29) is 11.9 Å². The Kier molecular flexibility index (Phi) is 4.31. The first-order chi connectivity index (χ1) is 10.2. The summed E-state index contributed by atoms with van der Waals surface area (Å²) in [7, 11) is 0. The maximum Gasteiger partial charge on any atom is 0.271 e. The molecule has 1 atom stereocenters. The predicted octanol–water partition coefficient (Wildman–Crippen LogP) is 2.13. The van der Waals surface area contributed by atoms with Gasteiger partial charge in [-0.15, -0.1) is 0 Å². The first kappa shape index (κ1) is 14.6. The van der Waals surface area contributed by atoms with Crippen molar-refractivity contribution in [2.24, 2.45) is 0 Å². The van der Waals surface area contributed by atoms with Crippen LogP contribution in [0.15, 0.2) is 12.1 Å². The Bertz CT molecular complexity index is 532. The average molecular weight is 309 g/mol. The number of aromatic nitrogens is 1. The summed E-state index contributed by atoms with van der Waals surface area (Å²) in [6.07, 6.45) is 3.62. The van der Waals surface area contributed by atoms with Crippen molar-refractivity contribution in [3.05, 3.63) is 22.8 Å². The quantitative estimate of drug-likeness (QED) is 0.875. The van der Waals surface area contributed by atoms with Gasteiger partial charge in [0, 0.05) is 31.7 Å². The van der Waals surface area contributed by atoms with E-state index in [0.717, 1.165) is 32.1 Å². The van der Waals surface area contributed by atoms with Crippen molar-refractivity contribution >= 4 is 23.3 Å². The minimum atomic E-state index is -0.178. The first-order valence-corrected chi connectivity index (χ1v) is 8.00. The summed E-state index contributed by atoms with van der Waals surface area (Å²) in [5.41, 5.74) is 0.306. The van der Waals surface area contributed by atoms with Crippen molar-refractivity contribution in [2.45, 2.75) is 38.3 Å². The van der Waals surface area contributed by atoms with Gasteiger partial charge in [0.1, 0.15) is 11.5 Å². The fraction of sp³-hybridized carbons (Fsp3) is 0.600. The van der Waals surface area contributed by atoms with Crippen LogP contribution in [0.3, 0.4) is 0 Å². The molecule has 1 aliphatic carbocycles. The molecule has 21 heavy (non-hydrogen) atoms. The van der Waals surface area contributed by atoms with Gasteiger partial charge in [-0.25, -0.2) is 4.98 Å². The second-order valence-corrected chi connectivity index (χ2v) is 6.15. The molecule has 2 aliphatic rings. The Hall–Kier alpha value is -1.33. The molecular weight excluding hydrogens is 288 g/mol. The molecule has 1 amide bonds. The lowest BCUT2D eigenvalue weighted by Crippen LogP contribution is -2.38. The van der Waals surface area contributed by atoms with Gasteiger partial charge in [-0.1, -0.05) is 11.6 Å². The molecule has 5 nitrogen and oxygen atoms in total. The van der Waals surface area contributed by atoms with E-state index in [1.807, 2.05) is 6.92 Å². The fourth-order valence-electron chi connectivity index (χ4n) is 2.81. The van der Waals surface area contributed by atoms with Crippen LogP contribution in [0.5, 0.6) is 0 Å². The molecule has 0 aromatic carbocycles. The standard InChI is InChI=1S/C15H21ClN4O/c1-2-17-13-6-5-12(16)14(19-13)15(21)18-10-7-8-20(9-10)11-3-4-11/h5-6,10-11H,2-4,7-9H2,1H3,(H,17,19)(H,18,21). The minimum Gasteiger partial charge on any atom is -0.370 e. The summed E-state index contributed by atoms with van der Waals surface area (Å²) in [6.45, 7) is 4.77. The predicted molar refractivity (Wildman–Crippen MR) is 83.9 cm³/mol. The number of rotatable bonds is 5. The highest BCUT2D eigenvalue weighted by molar-refractivity contribution is 6.33. The third kappa shape index (κ3) is 3.47. The lowest BCUT2D eigenvalue weighted by Gasteiger charge is -2.16. The highest BCUT2D eigenvalue weighted by Crippen LogP contribution is 2.29. The normalized spacial score (nSPS) is 22.3. The number of pyridine rings is 1. The van der Waals surface area contributed by atoms with Gasteiger partial charge in [0.25, 0.3) is 5.91 Å². The molecule has 1 saturated carbocycles. The van der Waals surface area contributed by atoms with Crippen LogP contribution in [0, 0.1) is 0 Å². The molecule has 2 N–H and O–H groups in total. The van der Waals surface area contributed by atoms with Crippen molar-refractivity contribution in [2.75, 3.05) is 25.0 Å². The number of nitrogens with zero attached hydrogens (tertiary/aromatic N) is 2. The molecule has 1 saturated heterocycles. The lowest BCUT2D eigenvalue weighted by molar-refractivity contribution is 0.0933. The Labute approximate surface area is 130 Å². The van der Waals surface area contributed by atoms with E-state index in [2.05, 4.69) is 20.5 Å². The fourth-order valence-corrected chi connectivity index (χ4v) is 3.00. The van der Waals surface area contributed by atoms with Crippen LogP contribution >= 0.6 is 11.6 Å². The Morgan fingerprint density at radius 1 is 1.43 bits per heavy atom. The van der Waals surface area contributed by atoms with Crippen molar-refractivity contribution < 1.29 is 4.79 Å². The number of hydrogen-bond donors (Lipinski definition) is 2. The summed E-state index contributed by atoms with van der Waals surface area (Å²) in [4.78, 5) is 19.1. The molecule has 2 fully saturated rings. The van der Waals surface area contributed by atoms with E-state index < -0.39 is 0 Å². The smallest absolute Gasteiger partial charge is 0.271 e. The van der Waals surface area contributed by atoms with Crippen molar-refractivity contribution in [3.8, 4) is 0 Å². The van der Waals surface area contributed by atoms with Crippen molar-refractivity contribution in [1.29, 1.82) is 0 Å². The van der Waals surface area contributed by atoms with Crippen LogP contribution in [0.1, 0.15) is 36.7 Å². The maximum atomic E-state index is 12.4. The molecule has 1 aliphatic heterocycles. The van der Waals surface area contributed by atoms with E-state index in [9.17, 15) is 4.79 Å². The highest BCUT2D eigenvalue weighted by Gasteiger charge is 2.35. The topological polar surface area (TPSA) is 57.3 Å². The van der Waals surface area contributed by atoms with Gasteiger partial charge < -0.3 is 10.6 Å². The molecule has 114 valence electrons. The molecular formula is C15H21ClN4O. The van der Waals surface area contributed by atoms with Crippen LogP contribution in [0.25, 0.3) is 0 Å². The zero-order valence-corrected chi connectivity index (χ0v) is 13.0. The van der Waals surface area contributed by atoms with Crippen LogP contribution in [-0.2, 0) is 0 Å². The number of amides is 1. The third-order valence-corrected chi connectivity index (χ3v) is 4.34. The van der Waals surface area contributed by atoms with Gasteiger partial charge in [0.2, 0.25) is 0 Å². The number of carbonyl (C=O) groups excluding carboxylic acids is 1. The molecule has 2 heterocycles. The second kappa shape index (κ2) is 6.20. The summed E-state index contributed by atoms with van der Waals surface area (Å²) >= 11 is 6.10. The molecule has 0 radical (unpaired) electrons. The van der Waals surface area contributed by atoms with E-state index in [1.165, 1.54) is 12.8 Å². The van der Waals surface area contributed by atoms with Crippen molar-refractivity contribution in [3.63, 3.8) is 0 Å². The number of halogens is 1. The average Bonchev–Trinajstić information content (AvgIpc) is 3.22. The number of anilines is 1. The van der Waals surface area contributed by atoms with E-state index in [1.54, 1.807) is 12.1 Å². The van der Waals surface area contributed by atoms with E-state index >= 15 is 0 Å². The largest absolute Gasteiger partial charge is 0.370 e. The van der Waals surface area contributed by atoms with Gasteiger partial charge >= 0.3 is 0 Å². The van der Waals surface area contributed by atoms with Gasteiger partial charge in [-0.3, -0.25) is 9.69 Å². The number of nitrogens with one attached hydrogen (secondary N) is 2. The lowest BCUT2D eigenvalue weighted by atomic mass is 10.2. The Morgan fingerprint density at radius 3 is 2.95 bits per heavy atom. The molecule has 1 aromatic rings. The van der Waals surface area contributed by atoms with Crippen molar-refractivity contribution in [1.82, 2.24) is 15.2 Å². The molecule has 3 rings (SSSR count). The maximum absolute atomic E-state index is 12.4. The summed E-state index contributed by atoms with van der Waals surface area (Å²) in [5, 5.41) is 6.55. The summed E-state index contributed by atoms with van der Waals surface area (Å²) in [6, 6.07) is 4.46. The first-order valence-electron chi connectivity index (χ1n) is 7.62. The van der Waals surface area contributed by atoms with Gasteiger partial charge in [0.05, 0.1) is 5.02 Å². The minimum absolute atomic E-state index is 0.178. The van der Waals surface area contributed by atoms with Gasteiger partial charge in [-0.05, 0) is 38.3 Å².